The molecule has 1 aromatic carbocycles. The number of nitrogens with one attached hydrogen (secondary N) is 3. The fourth-order valence-corrected chi connectivity index (χ4v) is 10.5. The van der Waals surface area contributed by atoms with Crippen molar-refractivity contribution in [1.29, 1.82) is 0 Å². The second-order valence-corrected chi connectivity index (χ2v) is 19.3. The number of carbonyl (C=O) groups excluding carboxylic acids is 4. The van der Waals surface area contributed by atoms with Crippen molar-refractivity contribution in [1.82, 2.24) is 25.2 Å². The van der Waals surface area contributed by atoms with Crippen molar-refractivity contribution >= 4 is 44.7 Å². The molecule has 3 saturated carbocycles. The summed E-state index contributed by atoms with van der Waals surface area (Å²) in [6.45, 7) is 3.59. The van der Waals surface area contributed by atoms with Crippen LogP contribution in [0.2, 0.25) is 0 Å². The molecule has 4 heterocycles. The number of amides is 4. The number of alkyl carbamates (subject to hydrolysis) is 1. The number of sulfonamides is 1. The van der Waals surface area contributed by atoms with Crippen molar-refractivity contribution in [2.45, 2.75) is 151 Å². The van der Waals surface area contributed by atoms with Crippen LogP contribution in [0.15, 0.2) is 36.4 Å². The van der Waals surface area contributed by atoms with Gasteiger partial charge in [-0.3, -0.25) is 19.1 Å². The summed E-state index contributed by atoms with van der Waals surface area (Å²) < 4.78 is 40.4. The zero-order valence-corrected chi connectivity index (χ0v) is 32.7. The first kappa shape index (κ1) is 37.7. The van der Waals surface area contributed by atoms with E-state index in [0.717, 1.165) is 61.4 Å². The molecule has 6 aliphatic rings. The van der Waals surface area contributed by atoms with Crippen LogP contribution in [-0.2, 0) is 35.6 Å². The summed E-state index contributed by atoms with van der Waals surface area (Å²) in [4.78, 5) is 63.0. The highest BCUT2D eigenvalue weighted by molar-refractivity contribution is 7.91. The molecule has 0 unspecified atom stereocenters. The highest BCUT2D eigenvalue weighted by Gasteiger charge is 2.64. The Morgan fingerprint density at radius 1 is 1.00 bits per heavy atom. The van der Waals surface area contributed by atoms with Gasteiger partial charge in [0.25, 0.3) is 5.91 Å². The molecule has 3 aliphatic heterocycles. The van der Waals surface area contributed by atoms with E-state index in [1.807, 2.05) is 43.3 Å². The monoisotopic (exact) mass is 775 g/mol. The van der Waals surface area contributed by atoms with Crippen molar-refractivity contribution in [2.75, 3.05) is 6.54 Å². The molecule has 1 aromatic heterocycles. The maximum absolute atomic E-state index is 14.8. The molecule has 0 bridgehead atoms. The minimum Gasteiger partial charge on any atom is -0.483 e. The average Bonchev–Trinajstić information content (AvgIpc) is 4.05. The lowest BCUT2D eigenvalue weighted by molar-refractivity contribution is -0.141. The van der Waals surface area contributed by atoms with Crippen LogP contribution in [0.5, 0.6) is 5.75 Å². The normalized spacial score (nSPS) is 31.4. The van der Waals surface area contributed by atoms with E-state index in [9.17, 15) is 27.6 Å². The van der Waals surface area contributed by atoms with E-state index in [2.05, 4.69) is 15.4 Å². The molecule has 3 N–H and O–H groups in total. The maximum Gasteiger partial charge on any atom is 0.408 e. The summed E-state index contributed by atoms with van der Waals surface area (Å²) in [7, 11) is -3.97. The van der Waals surface area contributed by atoms with Gasteiger partial charge in [-0.15, -0.1) is 0 Å². The second kappa shape index (κ2) is 14.4. The molecule has 2 aromatic rings. The number of allylic oxidation sites excluding steroid dienone is 1. The van der Waals surface area contributed by atoms with E-state index < -0.39 is 67.7 Å². The quantitative estimate of drug-likeness (QED) is 0.353. The SMILES string of the molecule is Cc1nc2ccccc2c2c1O[C@]1(CC2)C[C@H]2C(=O)N[C@]3(C(=O)NS(=O)(=O)C4(C)CC4)C[C@H]3/C=C\CCCCC[C@H](NC(=O)OC3CCCCC3)C(=O)N2C1. The Hall–Kier alpha value is -4.20. The van der Waals surface area contributed by atoms with Gasteiger partial charge in [0, 0.05) is 23.3 Å². The Morgan fingerprint density at radius 3 is 2.53 bits per heavy atom. The summed E-state index contributed by atoms with van der Waals surface area (Å²) >= 11 is 0. The molecule has 4 amide bonds. The van der Waals surface area contributed by atoms with Crippen LogP contribution in [0.25, 0.3) is 10.9 Å². The first-order valence-electron chi connectivity index (χ1n) is 20.2. The van der Waals surface area contributed by atoms with Crippen molar-refractivity contribution in [3.05, 3.63) is 47.7 Å². The van der Waals surface area contributed by atoms with Crippen LogP contribution in [-0.4, -0.2) is 82.7 Å². The number of hydrogen-bond acceptors (Lipinski definition) is 9. The number of para-hydroxylation sites is 1. The maximum atomic E-state index is 14.8. The molecule has 1 saturated heterocycles. The number of nitrogens with zero attached hydrogens (tertiary/aromatic N) is 2. The second-order valence-electron chi connectivity index (χ2n) is 17.1. The molecule has 5 atom stereocenters. The van der Waals surface area contributed by atoms with E-state index in [1.165, 1.54) is 4.90 Å². The van der Waals surface area contributed by atoms with Crippen LogP contribution in [0.3, 0.4) is 0 Å². The summed E-state index contributed by atoms with van der Waals surface area (Å²) in [6.07, 6.45) is 13.5. The largest absolute Gasteiger partial charge is 0.483 e. The first-order chi connectivity index (χ1) is 26.3. The zero-order valence-electron chi connectivity index (χ0n) is 31.9. The lowest BCUT2D eigenvalue weighted by Crippen LogP contribution is -2.58. The molecule has 1 spiro atoms. The van der Waals surface area contributed by atoms with Crippen molar-refractivity contribution in [2.24, 2.45) is 5.92 Å². The summed E-state index contributed by atoms with van der Waals surface area (Å²) in [5.74, 6) is -1.50. The lowest BCUT2D eigenvalue weighted by atomic mass is 9.87. The fourth-order valence-electron chi connectivity index (χ4n) is 9.15. The van der Waals surface area contributed by atoms with Gasteiger partial charge in [0.15, 0.2) is 0 Å². The van der Waals surface area contributed by atoms with Crippen LogP contribution < -0.4 is 20.1 Å². The molecule has 14 heteroatoms. The molecule has 13 nitrogen and oxygen atoms in total. The Balaban J connectivity index is 1.11. The fraction of sp³-hybridized carbons (Fsp3) is 0.634. The topological polar surface area (TPSA) is 173 Å². The highest BCUT2D eigenvalue weighted by atomic mass is 32.2. The first-order valence-corrected chi connectivity index (χ1v) is 21.7. The van der Waals surface area contributed by atoms with Crippen LogP contribution >= 0.6 is 0 Å². The van der Waals surface area contributed by atoms with Crippen LogP contribution in [0, 0.1) is 12.8 Å². The minimum atomic E-state index is -3.97. The van der Waals surface area contributed by atoms with E-state index >= 15 is 0 Å². The molecular formula is C41H53N5O8S. The molecule has 296 valence electrons. The third kappa shape index (κ3) is 7.31. The van der Waals surface area contributed by atoms with Gasteiger partial charge in [0.05, 0.1) is 22.5 Å². The van der Waals surface area contributed by atoms with Crippen LogP contribution in [0.4, 0.5) is 4.79 Å². The minimum absolute atomic E-state index is 0.0841. The van der Waals surface area contributed by atoms with Gasteiger partial charge in [-0.2, -0.15) is 0 Å². The predicted molar refractivity (Wildman–Crippen MR) is 204 cm³/mol. The van der Waals surface area contributed by atoms with Gasteiger partial charge >= 0.3 is 6.09 Å². The number of aryl methyl sites for hydroxylation is 2. The molecule has 0 radical (unpaired) electrons. The molecule has 3 aliphatic carbocycles. The number of rotatable bonds is 5. The standard InChI is InChI=1S/C41H53N5O8S/c1-26-34-30(29-16-11-12-17-31(29)42-26)19-20-40(54-34)24-33-35(47)44-41(37(49)45-55(51,52)39(2)21-22-39)23-27(41)13-7-4-3-5-10-18-32(36(48)46(33)25-40)43-38(50)53-28-14-8-6-9-15-28/h7,11-13,16-17,27-28,32-33H,3-6,8-10,14-15,18-25H2,1-2H3,(H,43,50)(H,44,47)(H,45,49)/b13-7-/t27-,32+,33+,40-,41-/m1/s1. The van der Waals surface area contributed by atoms with Crippen molar-refractivity contribution in [3.8, 4) is 5.75 Å². The lowest BCUT2D eigenvalue weighted by Gasteiger charge is -2.36. The number of carbonyl (C=O) groups is 4. The number of pyridine rings is 1. The molecule has 4 fully saturated rings. The predicted octanol–water partition coefficient (Wildman–Crippen LogP) is 5.03. The van der Waals surface area contributed by atoms with Crippen molar-refractivity contribution < 1.29 is 37.1 Å². The number of ether oxygens (including phenoxy) is 2. The molecule has 8 rings (SSSR count). The number of fused-ring (bicyclic) bond motifs is 5. The average molecular weight is 776 g/mol. The number of aromatic nitrogens is 1. The van der Waals surface area contributed by atoms with Crippen LogP contribution in [0.1, 0.15) is 114 Å². The van der Waals surface area contributed by atoms with Crippen molar-refractivity contribution in [3.63, 3.8) is 0 Å². The third-order valence-electron chi connectivity index (χ3n) is 13.0. The summed E-state index contributed by atoms with van der Waals surface area (Å²) in [5, 5.41) is 6.85. The summed E-state index contributed by atoms with van der Waals surface area (Å²) in [6, 6.07) is 5.91. The number of benzene rings is 1. The third-order valence-corrected chi connectivity index (χ3v) is 15.2. The Morgan fingerprint density at radius 2 is 1.75 bits per heavy atom. The van der Waals surface area contributed by atoms with E-state index in [1.54, 1.807) is 6.92 Å². The Kier molecular flexibility index (Phi) is 9.86. The Labute approximate surface area is 322 Å². The van der Waals surface area contributed by atoms with Gasteiger partial charge in [-0.1, -0.05) is 49.6 Å². The smallest absolute Gasteiger partial charge is 0.408 e. The highest BCUT2D eigenvalue weighted by Crippen LogP contribution is 2.49. The van der Waals surface area contributed by atoms with Gasteiger partial charge < -0.3 is 25.0 Å². The van der Waals surface area contributed by atoms with E-state index in [0.29, 0.717) is 56.4 Å². The van der Waals surface area contributed by atoms with Gasteiger partial charge in [0.2, 0.25) is 21.8 Å². The zero-order chi connectivity index (χ0) is 38.6. The Bertz CT molecular complexity index is 2030. The number of hydrogen-bond donors (Lipinski definition) is 3. The molecule has 55 heavy (non-hydrogen) atoms. The van der Waals surface area contributed by atoms with Gasteiger partial charge in [0.1, 0.15) is 35.1 Å². The summed E-state index contributed by atoms with van der Waals surface area (Å²) in [5.41, 5.74) is 0.187. The van der Waals surface area contributed by atoms with E-state index in [-0.39, 0.29) is 25.5 Å². The molecular weight excluding hydrogens is 723 g/mol. The van der Waals surface area contributed by atoms with Gasteiger partial charge in [-0.05, 0) is 97.0 Å². The van der Waals surface area contributed by atoms with E-state index in [4.69, 9.17) is 14.5 Å². The van der Waals surface area contributed by atoms with Gasteiger partial charge in [-0.25, -0.2) is 18.2 Å².